The van der Waals surface area contributed by atoms with Crippen molar-refractivity contribution in [3.8, 4) is 0 Å². The van der Waals surface area contributed by atoms with E-state index in [0.717, 1.165) is 0 Å². The summed E-state index contributed by atoms with van der Waals surface area (Å²) in [5.41, 5.74) is 0.446. The predicted octanol–water partition coefficient (Wildman–Crippen LogP) is 2.79. The van der Waals surface area contributed by atoms with Crippen molar-refractivity contribution in [2.75, 3.05) is 0 Å². The van der Waals surface area contributed by atoms with E-state index >= 15 is 0 Å². The third-order valence-corrected chi connectivity index (χ3v) is 4.40. The molecule has 4 rings (SSSR count). The van der Waals surface area contributed by atoms with Gasteiger partial charge in [-0.3, -0.25) is 9.59 Å². The molecule has 7 heteroatoms. The van der Waals surface area contributed by atoms with Crippen LogP contribution in [0.3, 0.4) is 0 Å². The smallest absolute Gasteiger partial charge is 0.329 e. The van der Waals surface area contributed by atoms with E-state index in [2.05, 4.69) is 0 Å². The first-order valence-corrected chi connectivity index (χ1v) is 7.55. The summed E-state index contributed by atoms with van der Waals surface area (Å²) in [6, 6.07) is 13.8. The Bertz CT molecular complexity index is 862. The number of nitrogens with zero attached hydrogens (tertiary/aromatic N) is 1. The van der Waals surface area contributed by atoms with Gasteiger partial charge in [-0.15, -0.1) is 0 Å². The second-order valence-corrected chi connectivity index (χ2v) is 5.90. The molecule has 0 saturated heterocycles. The number of amides is 2. The van der Waals surface area contributed by atoms with E-state index < -0.39 is 35.5 Å². The number of imide groups is 1. The van der Waals surface area contributed by atoms with Gasteiger partial charge in [0.15, 0.2) is 0 Å². The van der Waals surface area contributed by atoms with Crippen molar-refractivity contribution in [3.05, 3.63) is 71.3 Å². The SMILES string of the molecule is O=C(ON1C(=O)c2ccccc2C1=O)[C@@H]1[C@@H](c2ccccc2)C1(F)F. The fourth-order valence-electron chi connectivity index (χ4n) is 3.09. The van der Waals surface area contributed by atoms with Crippen molar-refractivity contribution in [1.29, 1.82) is 0 Å². The Morgan fingerprint density at radius 2 is 1.44 bits per heavy atom. The fourth-order valence-corrected chi connectivity index (χ4v) is 3.09. The van der Waals surface area contributed by atoms with Gasteiger partial charge in [0.05, 0.1) is 17.0 Å². The number of hydrogen-bond donors (Lipinski definition) is 0. The van der Waals surface area contributed by atoms with E-state index in [0.29, 0.717) is 5.56 Å². The second kappa shape index (κ2) is 5.20. The number of hydrogen-bond acceptors (Lipinski definition) is 4. The third kappa shape index (κ3) is 2.23. The molecule has 0 bridgehead atoms. The molecule has 2 aromatic carbocycles. The number of halogens is 2. The van der Waals surface area contributed by atoms with Crippen molar-refractivity contribution < 1.29 is 28.0 Å². The van der Waals surface area contributed by atoms with Crippen LogP contribution in [0.4, 0.5) is 8.78 Å². The van der Waals surface area contributed by atoms with E-state index in [9.17, 15) is 23.2 Å². The number of carbonyl (C=O) groups excluding carboxylic acids is 3. The van der Waals surface area contributed by atoms with E-state index in [1.165, 1.54) is 24.3 Å². The van der Waals surface area contributed by atoms with Crippen LogP contribution in [-0.4, -0.2) is 28.8 Å². The zero-order valence-electron chi connectivity index (χ0n) is 12.7. The number of fused-ring (bicyclic) bond motifs is 1. The zero-order valence-corrected chi connectivity index (χ0v) is 12.7. The van der Waals surface area contributed by atoms with Crippen LogP contribution in [0, 0.1) is 5.92 Å². The van der Waals surface area contributed by atoms with Gasteiger partial charge in [-0.05, 0) is 17.7 Å². The maximum absolute atomic E-state index is 14.0. The molecule has 1 heterocycles. The lowest BCUT2D eigenvalue weighted by molar-refractivity contribution is -0.172. The molecular weight excluding hydrogens is 332 g/mol. The summed E-state index contributed by atoms with van der Waals surface area (Å²) in [5, 5.41) is 0.253. The maximum Gasteiger partial charge on any atom is 0.343 e. The number of alkyl halides is 2. The third-order valence-electron chi connectivity index (χ3n) is 4.40. The quantitative estimate of drug-likeness (QED) is 0.804. The molecular formula is C18H11F2NO4. The standard InChI is InChI=1S/C18H11F2NO4/c19-18(20)13(10-6-2-1-3-7-10)14(18)17(24)25-21-15(22)11-8-4-5-9-12(11)16(21)23/h1-9,13-14H/t13-,14+/m1/s1. The molecule has 2 atom stereocenters. The Morgan fingerprint density at radius 3 is 2.00 bits per heavy atom. The minimum Gasteiger partial charge on any atom is -0.329 e. The molecule has 0 spiro atoms. The average Bonchev–Trinajstić information content (AvgIpc) is 3.13. The minimum atomic E-state index is -3.28. The van der Waals surface area contributed by atoms with Crippen molar-refractivity contribution in [2.24, 2.45) is 5.92 Å². The second-order valence-electron chi connectivity index (χ2n) is 5.90. The van der Waals surface area contributed by atoms with Gasteiger partial charge >= 0.3 is 5.97 Å². The first kappa shape index (κ1) is 15.4. The van der Waals surface area contributed by atoms with E-state index in [1.807, 2.05) is 0 Å². The largest absolute Gasteiger partial charge is 0.343 e. The van der Waals surface area contributed by atoms with Gasteiger partial charge in [-0.25, -0.2) is 13.6 Å². The lowest BCUT2D eigenvalue weighted by atomic mass is 10.1. The fraction of sp³-hybridized carbons (Fsp3) is 0.167. The molecule has 2 amide bonds. The molecule has 0 radical (unpaired) electrons. The van der Waals surface area contributed by atoms with Gasteiger partial charge in [0.1, 0.15) is 5.92 Å². The molecule has 1 saturated carbocycles. The molecule has 1 aliphatic carbocycles. The van der Waals surface area contributed by atoms with Crippen LogP contribution in [0.15, 0.2) is 54.6 Å². The Kier molecular flexibility index (Phi) is 3.21. The molecule has 25 heavy (non-hydrogen) atoms. The van der Waals surface area contributed by atoms with Crippen molar-refractivity contribution >= 4 is 17.8 Å². The Balaban J connectivity index is 1.54. The average molecular weight is 343 g/mol. The van der Waals surface area contributed by atoms with Crippen LogP contribution < -0.4 is 0 Å². The number of rotatable bonds is 3. The number of hydroxylamine groups is 2. The highest BCUT2D eigenvalue weighted by Gasteiger charge is 2.74. The zero-order chi connectivity index (χ0) is 17.8. The summed E-state index contributed by atoms with van der Waals surface area (Å²) in [7, 11) is 0. The summed E-state index contributed by atoms with van der Waals surface area (Å²) in [6.07, 6.45) is 0. The summed E-state index contributed by atoms with van der Waals surface area (Å²) in [6.45, 7) is 0. The minimum absolute atomic E-state index is 0.0717. The molecule has 0 aromatic heterocycles. The maximum atomic E-state index is 14.0. The number of benzene rings is 2. The summed E-state index contributed by atoms with van der Waals surface area (Å²) in [4.78, 5) is 41.2. The highest BCUT2D eigenvalue weighted by Crippen LogP contribution is 2.62. The molecule has 126 valence electrons. The van der Waals surface area contributed by atoms with Crippen LogP contribution in [0.25, 0.3) is 0 Å². The summed E-state index contributed by atoms with van der Waals surface area (Å²) in [5.74, 6) is -9.30. The van der Waals surface area contributed by atoms with Gasteiger partial charge in [0.25, 0.3) is 17.7 Å². The van der Waals surface area contributed by atoms with Gasteiger partial charge in [-0.1, -0.05) is 47.5 Å². The molecule has 2 aromatic rings. The van der Waals surface area contributed by atoms with Crippen LogP contribution in [-0.2, 0) is 9.63 Å². The highest BCUT2D eigenvalue weighted by molar-refractivity contribution is 6.20. The van der Waals surface area contributed by atoms with Gasteiger partial charge in [0.2, 0.25) is 0 Å². The van der Waals surface area contributed by atoms with Crippen molar-refractivity contribution in [3.63, 3.8) is 0 Å². The van der Waals surface area contributed by atoms with Crippen LogP contribution in [0.5, 0.6) is 0 Å². The summed E-state index contributed by atoms with van der Waals surface area (Å²) >= 11 is 0. The molecule has 0 unspecified atom stereocenters. The van der Waals surface area contributed by atoms with Crippen LogP contribution in [0.2, 0.25) is 0 Å². The van der Waals surface area contributed by atoms with E-state index in [4.69, 9.17) is 4.84 Å². The number of carbonyl (C=O) groups is 3. The molecule has 1 aliphatic heterocycles. The molecule has 1 fully saturated rings. The Morgan fingerprint density at radius 1 is 0.920 bits per heavy atom. The predicted molar refractivity (Wildman–Crippen MR) is 80.7 cm³/mol. The summed E-state index contributed by atoms with van der Waals surface area (Å²) < 4.78 is 28.1. The highest BCUT2D eigenvalue weighted by atomic mass is 19.3. The monoisotopic (exact) mass is 343 g/mol. The van der Waals surface area contributed by atoms with E-state index in [-0.39, 0.29) is 16.2 Å². The first-order chi connectivity index (χ1) is 11.9. The van der Waals surface area contributed by atoms with Gasteiger partial charge in [0, 0.05) is 0 Å². The van der Waals surface area contributed by atoms with Crippen LogP contribution >= 0.6 is 0 Å². The lowest BCUT2D eigenvalue weighted by Crippen LogP contribution is -2.34. The van der Waals surface area contributed by atoms with Crippen LogP contribution in [0.1, 0.15) is 32.2 Å². The lowest BCUT2D eigenvalue weighted by Gasteiger charge is -2.12. The van der Waals surface area contributed by atoms with Gasteiger partial charge in [-0.2, -0.15) is 0 Å². The first-order valence-electron chi connectivity index (χ1n) is 7.55. The Hall–Kier alpha value is -3.09. The molecule has 2 aliphatic rings. The van der Waals surface area contributed by atoms with Crippen molar-refractivity contribution in [2.45, 2.75) is 11.8 Å². The normalized spacial score (nSPS) is 23.4. The van der Waals surface area contributed by atoms with E-state index in [1.54, 1.807) is 30.3 Å². The topological polar surface area (TPSA) is 63.7 Å². The van der Waals surface area contributed by atoms with Gasteiger partial charge < -0.3 is 4.84 Å². The Labute approximate surface area is 140 Å². The van der Waals surface area contributed by atoms with Crippen molar-refractivity contribution in [1.82, 2.24) is 5.06 Å². The molecule has 0 N–H and O–H groups in total. The molecule has 5 nitrogen and oxygen atoms in total.